The van der Waals surface area contributed by atoms with Gasteiger partial charge in [0.15, 0.2) is 0 Å². The minimum Gasteiger partial charge on any atom is -0.356 e. The molecule has 2 aliphatic rings. The van der Waals surface area contributed by atoms with E-state index in [-0.39, 0.29) is 23.8 Å². The third-order valence-electron chi connectivity index (χ3n) is 6.03. The number of thioether (sulfide) groups is 2. The molecule has 1 aliphatic carbocycles. The Bertz CT molecular complexity index is 802. The van der Waals surface area contributed by atoms with E-state index in [4.69, 9.17) is 11.6 Å². The van der Waals surface area contributed by atoms with Crippen molar-refractivity contribution in [3.05, 3.63) is 39.8 Å². The highest BCUT2D eigenvalue weighted by Gasteiger charge is 2.42. The number of hydrogen-bond acceptors (Lipinski definition) is 4. The largest absolute Gasteiger partial charge is 0.356 e. The highest BCUT2D eigenvalue weighted by Crippen LogP contribution is 2.43. The van der Waals surface area contributed by atoms with Crippen LogP contribution in [0.3, 0.4) is 0 Å². The lowest BCUT2D eigenvalue weighted by atomic mass is 9.83. The van der Waals surface area contributed by atoms with Gasteiger partial charge in [0.05, 0.1) is 4.91 Å². The standard InChI is InChI=1S/C24H33ClN2O2S2/c1-3-4-13-30-14-7-12-26-23(28)18-10-11-21-20(15-18)27(2)24(29)22(31-21)16-17-8-5-6-9-19(17)25/h5-6,8-9,16,18,20-21H,3-4,7,10-15H2,1-2H3,(H,26,28)/b22-16-. The van der Waals surface area contributed by atoms with Gasteiger partial charge in [-0.2, -0.15) is 11.8 Å². The summed E-state index contributed by atoms with van der Waals surface area (Å²) >= 11 is 9.90. The number of fused-ring (bicyclic) bond motifs is 1. The molecule has 1 aromatic rings. The summed E-state index contributed by atoms with van der Waals surface area (Å²) in [6.07, 6.45) is 7.99. The van der Waals surface area contributed by atoms with E-state index in [0.717, 1.165) is 48.4 Å². The minimum atomic E-state index is -0.000980. The molecule has 2 fully saturated rings. The van der Waals surface area contributed by atoms with Crippen LogP contribution in [0.15, 0.2) is 29.2 Å². The summed E-state index contributed by atoms with van der Waals surface area (Å²) in [5.74, 6) is 2.49. The first-order valence-corrected chi connectivity index (χ1v) is 13.7. The van der Waals surface area contributed by atoms with Crippen molar-refractivity contribution in [3.8, 4) is 0 Å². The summed E-state index contributed by atoms with van der Waals surface area (Å²) in [6.45, 7) is 2.96. The molecule has 0 bridgehead atoms. The summed E-state index contributed by atoms with van der Waals surface area (Å²) in [5.41, 5.74) is 0.868. The molecule has 1 aromatic carbocycles. The van der Waals surface area contributed by atoms with E-state index in [1.807, 2.05) is 54.1 Å². The number of nitrogens with one attached hydrogen (secondary N) is 1. The molecule has 1 saturated carbocycles. The van der Waals surface area contributed by atoms with E-state index in [1.54, 1.807) is 11.8 Å². The van der Waals surface area contributed by atoms with Crippen LogP contribution >= 0.6 is 35.1 Å². The molecule has 3 rings (SSSR count). The normalized spacial score (nSPS) is 24.9. The Morgan fingerprint density at radius 1 is 1.29 bits per heavy atom. The number of carbonyl (C=O) groups is 2. The summed E-state index contributed by atoms with van der Waals surface area (Å²) in [7, 11) is 1.87. The van der Waals surface area contributed by atoms with E-state index >= 15 is 0 Å². The van der Waals surface area contributed by atoms with Gasteiger partial charge in [-0.25, -0.2) is 0 Å². The number of carbonyl (C=O) groups excluding carboxylic acids is 2. The molecule has 3 unspecified atom stereocenters. The Balaban J connectivity index is 1.51. The second kappa shape index (κ2) is 12.2. The van der Waals surface area contributed by atoms with Crippen LogP contribution in [0.2, 0.25) is 5.02 Å². The average Bonchev–Trinajstić information content (AvgIpc) is 2.77. The van der Waals surface area contributed by atoms with Crippen molar-refractivity contribution in [2.24, 2.45) is 5.92 Å². The van der Waals surface area contributed by atoms with Crippen molar-refractivity contribution in [1.82, 2.24) is 10.2 Å². The van der Waals surface area contributed by atoms with Crippen LogP contribution < -0.4 is 5.32 Å². The molecule has 1 aliphatic heterocycles. The maximum Gasteiger partial charge on any atom is 0.260 e. The van der Waals surface area contributed by atoms with Crippen LogP contribution in [0.5, 0.6) is 0 Å². The Morgan fingerprint density at radius 2 is 2.06 bits per heavy atom. The molecule has 7 heteroatoms. The van der Waals surface area contributed by atoms with Gasteiger partial charge in [0.25, 0.3) is 5.91 Å². The van der Waals surface area contributed by atoms with Gasteiger partial charge in [0.1, 0.15) is 0 Å². The second-order valence-electron chi connectivity index (χ2n) is 8.29. The van der Waals surface area contributed by atoms with Crippen LogP contribution in [-0.4, -0.2) is 53.1 Å². The Morgan fingerprint density at radius 3 is 2.84 bits per heavy atom. The fourth-order valence-electron chi connectivity index (χ4n) is 4.15. The van der Waals surface area contributed by atoms with Crippen LogP contribution in [0, 0.1) is 5.92 Å². The molecule has 1 N–H and O–H groups in total. The van der Waals surface area contributed by atoms with Gasteiger partial charge >= 0.3 is 0 Å². The van der Waals surface area contributed by atoms with Gasteiger partial charge in [-0.3, -0.25) is 9.59 Å². The maximum absolute atomic E-state index is 13.0. The third kappa shape index (κ3) is 6.69. The molecule has 3 atom stereocenters. The van der Waals surface area contributed by atoms with Gasteiger partial charge in [-0.1, -0.05) is 43.1 Å². The van der Waals surface area contributed by atoms with Gasteiger partial charge < -0.3 is 10.2 Å². The first-order chi connectivity index (χ1) is 15.0. The second-order valence-corrected chi connectivity index (χ2v) is 11.2. The lowest BCUT2D eigenvalue weighted by molar-refractivity contribution is -0.131. The number of unbranched alkanes of at least 4 members (excludes halogenated alkanes) is 1. The predicted molar refractivity (Wildman–Crippen MR) is 135 cm³/mol. The number of nitrogens with zero attached hydrogens (tertiary/aromatic N) is 1. The van der Waals surface area contributed by atoms with Crippen LogP contribution in [0.25, 0.3) is 6.08 Å². The third-order valence-corrected chi connectivity index (χ3v) is 8.93. The van der Waals surface area contributed by atoms with Crippen LogP contribution in [0.4, 0.5) is 0 Å². The van der Waals surface area contributed by atoms with E-state index < -0.39 is 0 Å². The molecule has 4 nitrogen and oxygen atoms in total. The van der Waals surface area contributed by atoms with Gasteiger partial charge in [-0.05, 0) is 61.3 Å². The first-order valence-electron chi connectivity index (χ1n) is 11.3. The lowest BCUT2D eigenvalue weighted by Crippen LogP contribution is -2.52. The summed E-state index contributed by atoms with van der Waals surface area (Å²) in [5, 5.41) is 4.10. The highest BCUT2D eigenvalue weighted by molar-refractivity contribution is 8.04. The highest BCUT2D eigenvalue weighted by atomic mass is 35.5. The van der Waals surface area contributed by atoms with E-state index in [0.29, 0.717) is 10.3 Å². The molecular formula is C24H33ClN2O2S2. The molecule has 170 valence electrons. The minimum absolute atomic E-state index is 0.000980. The van der Waals surface area contributed by atoms with E-state index in [2.05, 4.69) is 12.2 Å². The number of rotatable bonds is 9. The Hall–Kier alpha value is -1.11. The number of amides is 2. The molecule has 31 heavy (non-hydrogen) atoms. The zero-order valence-electron chi connectivity index (χ0n) is 18.4. The fraction of sp³-hybridized carbons (Fsp3) is 0.583. The van der Waals surface area contributed by atoms with Crippen LogP contribution in [0.1, 0.15) is 51.0 Å². The monoisotopic (exact) mass is 480 g/mol. The summed E-state index contributed by atoms with van der Waals surface area (Å²) in [6, 6.07) is 7.69. The summed E-state index contributed by atoms with van der Waals surface area (Å²) in [4.78, 5) is 28.2. The predicted octanol–water partition coefficient (Wildman–Crippen LogP) is 5.46. The quantitative estimate of drug-likeness (QED) is 0.376. The van der Waals surface area contributed by atoms with Gasteiger partial charge in [0, 0.05) is 35.8 Å². The lowest BCUT2D eigenvalue weighted by Gasteiger charge is -2.44. The van der Waals surface area contributed by atoms with Crippen molar-refractivity contribution in [1.29, 1.82) is 0 Å². The molecule has 0 radical (unpaired) electrons. The topological polar surface area (TPSA) is 49.4 Å². The van der Waals surface area contributed by atoms with Crippen LogP contribution in [-0.2, 0) is 9.59 Å². The Labute approximate surface area is 199 Å². The zero-order chi connectivity index (χ0) is 22.2. The van der Waals surface area contributed by atoms with Crippen molar-refractivity contribution < 1.29 is 9.59 Å². The van der Waals surface area contributed by atoms with Crippen molar-refractivity contribution in [3.63, 3.8) is 0 Å². The van der Waals surface area contributed by atoms with E-state index in [9.17, 15) is 9.59 Å². The molecule has 1 heterocycles. The Kier molecular flexibility index (Phi) is 9.67. The smallest absolute Gasteiger partial charge is 0.260 e. The number of benzene rings is 1. The van der Waals surface area contributed by atoms with Crippen molar-refractivity contribution >= 4 is 53.0 Å². The van der Waals surface area contributed by atoms with Gasteiger partial charge in [0.2, 0.25) is 5.91 Å². The fourth-order valence-corrected chi connectivity index (χ4v) is 6.85. The number of likely N-dealkylation sites (N-methyl/N-ethyl adjacent to an activating group) is 1. The van der Waals surface area contributed by atoms with E-state index in [1.165, 1.54) is 18.6 Å². The number of hydrogen-bond donors (Lipinski definition) is 1. The first kappa shape index (κ1) is 24.5. The molecule has 0 spiro atoms. The molecule has 0 aromatic heterocycles. The van der Waals surface area contributed by atoms with Crippen molar-refractivity contribution in [2.75, 3.05) is 25.1 Å². The zero-order valence-corrected chi connectivity index (χ0v) is 20.8. The molecule has 1 saturated heterocycles. The van der Waals surface area contributed by atoms with Gasteiger partial charge in [-0.15, -0.1) is 11.8 Å². The van der Waals surface area contributed by atoms with Crippen molar-refractivity contribution in [2.45, 2.75) is 56.7 Å². The molecular weight excluding hydrogens is 448 g/mol. The summed E-state index contributed by atoms with van der Waals surface area (Å²) < 4.78 is 0. The average molecular weight is 481 g/mol. The number of halogens is 1. The maximum atomic E-state index is 13.0. The SMILES string of the molecule is CCCCSCCCNC(=O)C1CCC2S/C(=C\c3ccccc3Cl)C(=O)N(C)C2C1. The molecule has 2 amide bonds.